The molecule has 0 aliphatic carbocycles. The quantitative estimate of drug-likeness (QED) is 0.714. The van der Waals surface area contributed by atoms with Crippen LogP contribution in [0.15, 0.2) is 24.3 Å². The van der Waals surface area contributed by atoms with Crippen molar-refractivity contribution >= 4 is 34.0 Å². The van der Waals surface area contributed by atoms with Crippen molar-refractivity contribution in [2.45, 2.75) is 20.3 Å². The van der Waals surface area contributed by atoms with Crippen LogP contribution in [0.3, 0.4) is 0 Å². The Kier molecular flexibility index (Phi) is 4.29. The van der Waals surface area contributed by atoms with E-state index in [1.807, 2.05) is 17.5 Å². The van der Waals surface area contributed by atoms with E-state index in [-0.39, 0.29) is 0 Å². The molecular weight excluding hydrogens is 334 g/mol. The van der Waals surface area contributed by atoms with E-state index in [9.17, 15) is 0 Å². The molecule has 0 saturated carbocycles. The first-order valence-corrected chi connectivity index (χ1v) is 9.33. The predicted molar refractivity (Wildman–Crippen MR) is 104 cm³/mol. The molecule has 132 valence electrons. The van der Waals surface area contributed by atoms with Crippen LogP contribution in [-0.4, -0.2) is 52.7 Å². The summed E-state index contributed by atoms with van der Waals surface area (Å²) in [5, 5.41) is 6.36. The number of nitrogens with zero attached hydrogens (tertiary/aromatic N) is 5. The molecule has 4 rings (SSSR count). The van der Waals surface area contributed by atoms with Crippen molar-refractivity contribution in [1.82, 2.24) is 19.5 Å². The number of benzene rings is 1. The smallest absolute Gasteiger partial charge is 0.176 e. The second-order valence-corrected chi connectivity index (χ2v) is 7.42. The Labute approximate surface area is 153 Å². The third-order valence-corrected chi connectivity index (χ3v) is 5.69. The molecule has 1 unspecified atom stereocenters. The molecular formula is C19H24ClN5. The van der Waals surface area contributed by atoms with Crippen LogP contribution in [0.1, 0.15) is 19.0 Å². The molecule has 1 aromatic carbocycles. The maximum Gasteiger partial charge on any atom is 0.176 e. The van der Waals surface area contributed by atoms with E-state index in [2.05, 4.69) is 47.1 Å². The van der Waals surface area contributed by atoms with Crippen LogP contribution in [0.5, 0.6) is 0 Å². The average molecular weight is 358 g/mol. The van der Waals surface area contributed by atoms with E-state index in [1.54, 1.807) is 0 Å². The Morgan fingerprint density at radius 2 is 2.12 bits per heavy atom. The standard InChI is InChI=1S/C19H24ClN5/c1-4-23(3)11-14-9-10-24(12-14)18-15-7-5-6-8-16(15)25-19(21-18)17(20)13(2)22-25/h5-8,14H,4,9-12H2,1-3H3. The van der Waals surface area contributed by atoms with Gasteiger partial charge in [0, 0.05) is 25.0 Å². The molecule has 0 radical (unpaired) electrons. The molecule has 1 saturated heterocycles. The van der Waals surface area contributed by atoms with Crippen molar-refractivity contribution in [2.75, 3.05) is 38.1 Å². The van der Waals surface area contributed by atoms with Gasteiger partial charge in [-0.2, -0.15) is 5.10 Å². The Morgan fingerprint density at radius 3 is 2.92 bits per heavy atom. The highest BCUT2D eigenvalue weighted by molar-refractivity contribution is 6.34. The molecule has 3 aromatic rings. The van der Waals surface area contributed by atoms with E-state index in [0.29, 0.717) is 10.9 Å². The minimum absolute atomic E-state index is 0.647. The van der Waals surface area contributed by atoms with Crippen molar-refractivity contribution in [2.24, 2.45) is 5.92 Å². The monoisotopic (exact) mass is 357 g/mol. The van der Waals surface area contributed by atoms with Crippen LogP contribution >= 0.6 is 11.6 Å². The lowest BCUT2D eigenvalue weighted by Gasteiger charge is -2.22. The average Bonchev–Trinajstić information content (AvgIpc) is 3.19. The molecule has 1 aliphatic rings. The Hall–Kier alpha value is -1.85. The molecule has 0 N–H and O–H groups in total. The van der Waals surface area contributed by atoms with Crippen molar-refractivity contribution in [1.29, 1.82) is 0 Å². The van der Waals surface area contributed by atoms with Crippen LogP contribution in [0, 0.1) is 12.8 Å². The van der Waals surface area contributed by atoms with Gasteiger partial charge in [0.25, 0.3) is 0 Å². The van der Waals surface area contributed by atoms with Crippen LogP contribution in [-0.2, 0) is 0 Å². The van der Waals surface area contributed by atoms with E-state index in [1.165, 1.54) is 6.42 Å². The van der Waals surface area contributed by atoms with Crippen molar-refractivity contribution in [3.8, 4) is 0 Å². The van der Waals surface area contributed by atoms with Gasteiger partial charge in [-0.3, -0.25) is 0 Å². The summed E-state index contributed by atoms with van der Waals surface area (Å²) >= 11 is 6.47. The summed E-state index contributed by atoms with van der Waals surface area (Å²) in [4.78, 5) is 9.72. The summed E-state index contributed by atoms with van der Waals surface area (Å²) in [7, 11) is 2.19. The molecule has 1 fully saturated rings. The van der Waals surface area contributed by atoms with E-state index >= 15 is 0 Å². The lowest BCUT2D eigenvalue weighted by molar-refractivity contribution is 0.300. The number of halogens is 1. The number of aromatic nitrogens is 3. The molecule has 2 aromatic heterocycles. The van der Waals surface area contributed by atoms with Crippen LogP contribution in [0.25, 0.3) is 16.6 Å². The molecule has 5 nitrogen and oxygen atoms in total. The number of hydrogen-bond donors (Lipinski definition) is 0. The molecule has 25 heavy (non-hydrogen) atoms. The van der Waals surface area contributed by atoms with E-state index in [0.717, 1.165) is 54.2 Å². The van der Waals surface area contributed by atoms with Crippen molar-refractivity contribution < 1.29 is 0 Å². The van der Waals surface area contributed by atoms with Gasteiger partial charge in [-0.1, -0.05) is 30.7 Å². The van der Waals surface area contributed by atoms with Gasteiger partial charge in [-0.15, -0.1) is 0 Å². The van der Waals surface area contributed by atoms with Gasteiger partial charge in [-0.05, 0) is 45.0 Å². The van der Waals surface area contributed by atoms with Gasteiger partial charge in [0.05, 0.1) is 11.2 Å². The molecule has 1 atom stereocenters. The summed E-state index contributed by atoms with van der Waals surface area (Å²) < 4.78 is 1.87. The highest BCUT2D eigenvalue weighted by atomic mass is 35.5. The zero-order valence-electron chi connectivity index (χ0n) is 15.0. The highest BCUT2D eigenvalue weighted by Gasteiger charge is 2.26. The maximum absolute atomic E-state index is 6.47. The summed E-state index contributed by atoms with van der Waals surface area (Å²) in [6, 6.07) is 8.33. The predicted octanol–water partition coefficient (Wildman–Crippen LogP) is 3.62. The largest absolute Gasteiger partial charge is 0.356 e. The van der Waals surface area contributed by atoms with Crippen LogP contribution in [0.2, 0.25) is 5.02 Å². The fourth-order valence-electron chi connectivity index (χ4n) is 3.75. The van der Waals surface area contributed by atoms with Crippen molar-refractivity contribution in [3.63, 3.8) is 0 Å². The van der Waals surface area contributed by atoms with Crippen LogP contribution in [0.4, 0.5) is 5.82 Å². The van der Waals surface area contributed by atoms with Gasteiger partial charge < -0.3 is 9.80 Å². The summed E-state index contributed by atoms with van der Waals surface area (Å²) in [6.45, 7) is 8.45. The van der Waals surface area contributed by atoms with Gasteiger partial charge >= 0.3 is 0 Å². The topological polar surface area (TPSA) is 36.7 Å². The second kappa shape index (κ2) is 6.46. The minimum atomic E-state index is 0.647. The number of anilines is 1. The number of aryl methyl sites for hydroxylation is 1. The first-order chi connectivity index (χ1) is 12.1. The van der Waals surface area contributed by atoms with Gasteiger partial charge in [0.2, 0.25) is 0 Å². The highest BCUT2D eigenvalue weighted by Crippen LogP contribution is 2.32. The Morgan fingerprint density at radius 1 is 1.32 bits per heavy atom. The number of fused-ring (bicyclic) bond motifs is 3. The maximum atomic E-state index is 6.47. The third-order valence-electron chi connectivity index (χ3n) is 5.24. The Bertz CT molecular complexity index is 919. The molecule has 1 aliphatic heterocycles. The van der Waals surface area contributed by atoms with Gasteiger partial charge in [0.15, 0.2) is 5.65 Å². The first kappa shape index (κ1) is 16.6. The second-order valence-electron chi connectivity index (χ2n) is 7.04. The molecule has 0 spiro atoms. The summed E-state index contributed by atoms with van der Waals surface area (Å²) in [5.41, 5.74) is 2.63. The lowest BCUT2D eigenvalue weighted by Crippen LogP contribution is -2.28. The fraction of sp³-hybridized carbons (Fsp3) is 0.474. The molecule has 0 amide bonds. The zero-order chi connectivity index (χ0) is 17.6. The normalized spacial score (nSPS) is 18.1. The molecule has 6 heteroatoms. The molecule has 0 bridgehead atoms. The summed E-state index contributed by atoms with van der Waals surface area (Å²) in [5.74, 6) is 1.72. The van der Waals surface area contributed by atoms with E-state index in [4.69, 9.17) is 16.6 Å². The number of para-hydroxylation sites is 1. The minimum Gasteiger partial charge on any atom is -0.356 e. The Balaban J connectivity index is 1.77. The van der Waals surface area contributed by atoms with Gasteiger partial charge in [-0.25, -0.2) is 9.50 Å². The fourth-order valence-corrected chi connectivity index (χ4v) is 3.91. The zero-order valence-corrected chi connectivity index (χ0v) is 15.8. The lowest BCUT2D eigenvalue weighted by atomic mass is 10.1. The molecule has 3 heterocycles. The van der Waals surface area contributed by atoms with Gasteiger partial charge in [0.1, 0.15) is 10.8 Å². The van der Waals surface area contributed by atoms with Crippen molar-refractivity contribution in [3.05, 3.63) is 35.0 Å². The third kappa shape index (κ3) is 2.85. The summed E-state index contributed by atoms with van der Waals surface area (Å²) in [6.07, 6.45) is 1.21. The van der Waals surface area contributed by atoms with Crippen LogP contribution < -0.4 is 4.90 Å². The first-order valence-electron chi connectivity index (χ1n) is 8.95. The number of hydrogen-bond acceptors (Lipinski definition) is 4. The number of rotatable bonds is 4. The SMILES string of the molecule is CCN(C)CC1CCN(c2nc3c(Cl)c(C)nn3c3ccccc23)C1. The van der Waals surface area contributed by atoms with E-state index < -0.39 is 0 Å².